The molecule has 0 fully saturated rings. The van der Waals surface area contributed by atoms with Crippen molar-refractivity contribution in [2.24, 2.45) is 5.84 Å². The first-order chi connectivity index (χ1) is 7.67. The van der Waals surface area contributed by atoms with Crippen LogP contribution in [0.25, 0.3) is 0 Å². The van der Waals surface area contributed by atoms with Gasteiger partial charge in [0, 0.05) is 11.9 Å². The molecule has 16 heavy (non-hydrogen) atoms. The Morgan fingerprint density at radius 3 is 2.75 bits per heavy atom. The van der Waals surface area contributed by atoms with Gasteiger partial charge >= 0.3 is 0 Å². The lowest BCUT2D eigenvalue weighted by Crippen LogP contribution is -2.37. The molecule has 1 unspecified atom stereocenters. The average molecular weight is 241 g/mol. The van der Waals surface area contributed by atoms with E-state index in [2.05, 4.69) is 37.5 Å². The number of alkyl halides is 1. The third-order valence-corrected chi connectivity index (χ3v) is 3.16. The lowest BCUT2D eigenvalue weighted by Gasteiger charge is -2.17. The summed E-state index contributed by atoms with van der Waals surface area (Å²) in [5.41, 5.74) is 6.88. The van der Waals surface area contributed by atoms with Gasteiger partial charge < -0.3 is 0 Å². The van der Waals surface area contributed by atoms with E-state index in [4.69, 9.17) is 17.4 Å². The van der Waals surface area contributed by atoms with E-state index in [9.17, 15) is 0 Å². The second kappa shape index (κ2) is 6.89. The van der Waals surface area contributed by atoms with E-state index in [1.165, 1.54) is 16.7 Å². The van der Waals surface area contributed by atoms with Gasteiger partial charge in [0.05, 0.1) is 0 Å². The molecule has 2 nitrogen and oxygen atoms in total. The Morgan fingerprint density at radius 2 is 2.12 bits per heavy atom. The fourth-order valence-corrected chi connectivity index (χ4v) is 2.01. The number of nitrogens with one attached hydrogen (secondary N) is 1. The smallest absolute Gasteiger partial charge is 0.0251 e. The van der Waals surface area contributed by atoms with Crippen molar-refractivity contribution >= 4 is 11.6 Å². The maximum Gasteiger partial charge on any atom is 0.0251 e. The van der Waals surface area contributed by atoms with Crippen LogP contribution >= 0.6 is 11.6 Å². The highest BCUT2D eigenvalue weighted by Gasteiger charge is 2.09. The summed E-state index contributed by atoms with van der Waals surface area (Å²) in [6, 6.07) is 6.86. The summed E-state index contributed by atoms with van der Waals surface area (Å²) in [6.45, 7) is 4.26. The molecule has 0 saturated heterocycles. The maximum absolute atomic E-state index is 5.69. The van der Waals surface area contributed by atoms with E-state index in [0.717, 1.165) is 19.3 Å². The Hall–Kier alpha value is -0.570. The molecule has 0 bridgehead atoms. The summed E-state index contributed by atoms with van der Waals surface area (Å²) < 4.78 is 0. The first-order valence-electron chi connectivity index (χ1n) is 5.75. The van der Waals surface area contributed by atoms with Gasteiger partial charge in [-0.1, -0.05) is 23.8 Å². The molecule has 90 valence electrons. The quantitative estimate of drug-likeness (QED) is 0.456. The first-order valence-corrected chi connectivity index (χ1v) is 6.29. The van der Waals surface area contributed by atoms with E-state index < -0.39 is 0 Å². The van der Waals surface area contributed by atoms with E-state index in [1.807, 2.05) is 0 Å². The minimum atomic E-state index is 0.319. The molecule has 1 rings (SSSR count). The fraction of sp³-hybridized carbons (Fsp3) is 0.538. The van der Waals surface area contributed by atoms with Gasteiger partial charge in [0.1, 0.15) is 0 Å². The molecular weight excluding hydrogens is 220 g/mol. The zero-order valence-corrected chi connectivity index (χ0v) is 10.8. The molecule has 0 amide bonds. The molecule has 3 heteroatoms. The minimum absolute atomic E-state index is 0.319. The summed E-state index contributed by atoms with van der Waals surface area (Å²) in [4.78, 5) is 0. The number of aryl methyl sites for hydroxylation is 2. The molecule has 3 N–H and O–H groups in total. The molecule has 0 aliphatic carbocycles. The molecule has 0 saturated carbocycles. The van der Waals surface area contributed by atoms with Crippen LogP contribution in [-0.4, -0.2) is 11.9 Å². The highest BCUT2D eigenvalue weighted by molar-refractivity contribution is 6.17. The number of hydrazine groups is 1. The third-order valence-electron chi connectivity index (χ3n) is 2.89. The molecular formula is C13H21ClN2. The van der Waals surface area contributed by atoms with Crippen molar-refractivity contribution in [3.8, 4) is 0 Å². The van der Waals surface area contributed by atoms with Crippen LogP contribution in [0.5, 0.6) is 0 Å². The summed E-state index contributed by atoms with van der Waals surface area (Å²) in [7, 11) is 0. The summed E-state index contributed by atoms with van der Waals surface area (Å²) in [5, 5.41) is 0. The highest BCUT2D eigenvalue weighted by Crippen LogP contribution is 2.14. The topological polar surface area (TPSA) is 38.0 Å². The maximum atomic E-state index is 5.69. The standard InChI is InChI=1S/C13H21ClN2/c1-10-5-6-11(2)12(8-10)9-13(16-15)4-3-7-14/h5-6,8,13,16H,3-4,7,9,15H2,1-2H3. The van der Waals surface area contributed by atoms with Gasteiger partial charge in [-0.25, -0.2) is 0 Å². The van der Waals surface area contributed by atoms with Crippen LogP contribution in [0.15, 0.2) is 18.2 Å². The lowest BCUT2D eigenvalue weighted by molar-refractivity contribution is 0.486. The Morgan fingerprint density at radius 1 is 1.38 bits per heavy atom. The Labute approximate surface area is 103 Å². The Balaban J connectivity index is 2.65. The van der Waals surface area contributed by atoms with Crippen LogP contribution in [0.3, 0.4) is 0 Å². The average Bonchev–Trinajstić information content (AvgIpc) is 2.28. The van der Waals surface area contributed by atoms with Crippen LogP contribution < -0.4 is 11.3 Å². The van der Waals surface area contributed by atoms with Crippen molar-refractivity contribution in [2.75, 3.05) is 5.88 Å². The molecule has 0 radical (unpaired) electrons. The normalized spacial score (nSPS) is 12.8. The largest absolute Gasteiger partial charge is 0.271 e. The van der Waals surface area contributed by atoms with Crippen molar-refractivity contribution in [2.45, 2.75) is 39.2 Å². The van der Waals surface area contributed by atoms with E-state index in [0.29, 0.717) is 11.9 Å². The molecule has 0 aliphatic rings. The van der Waals surface area contributed by atoms with Crippen molar-refractivity contribution in [1.29, 1.82) is 0 Å². The number of halogens is 1. The van der Waals surface area contributed by atoms with Crippen LogP contribution in [0.4, 0.5) is 0 Å². The first kappa shape index (κ1) is 13.5. The molecule has 1 aromatic carbocycles. The van der Waals surface area contributed by atoms with Crippen LogP contribution in [0.1, 0.15) is 29.5 Å². The second-order valence-electron chi connectivity index (χ2n) is 4.33. The van der Waals surface area contributed by atoms with Gasteiger partial charge in [0.15, 0.2) is 0 Å². The lowest BCUT2D eigenvalue weighted by atomic mass is 9.97. The SMILES string of the molecule is Cc1ccc(C)c(CC(CCCCl)NN)c1. The second-order valence-corrected chi connectivity index (χ2v) is 4.71. The molecule has 1 aromatic rings. The Kier molecular flexibility index (Phi) is 5.81. The van der Waals surface area contributed by atoms with Gasteiger partial charge in [-0.2, -0.15) is 0 Å². The Bertz CT molecular complexity index is 326. The van der Waals surface area contributed by atoms with Gasteiger partial charge in [-0.3, -0.25) is 11.3 Å². The van der Waals surface area contributed by atoms with E-state index in [-0.39, 0.29) is 0 Å². The van der Waals surface area contributed by atoms with Crippen molar-refractivity contribution in [3.05, 3.63) is 34.9 Å². The zero-order chi connectivity index (χ0) is 12.0. The van der Waals surface area contributed by atoms with Gasteiger partial charge in [-0.15, -0.1) is 11.6 Å². The number of nitrogens with two attached hydrogens (primary N) is 1. The number of benzene rings is 1. The summed E-state index contributed by atoms with van der Waals surface area (Å²) >= 11 is 5.69. The molecule has 0 heterocycles. The van der Waals surface area contributed by atoms with E-state index >= 15 is 0 Å². The predicted molar refractivity (Wildman–Crippen MR) is 70.7 cm³/mol. The van der Waals surface area contributed by atoms with Crippen molar-refractivity contribution < 1.29 is 0 Å². The molecule has 0 spiro atoms. The number of hydrogen-bond acceptors (Lipinski definition) is 2. The van der Waals surface area contributed by atoms with Gasteiger partial charge in [0.25, 0.3) is 0 Å². The van der Waals surface area contributed by atoms with Crippen LogP contribution in [0.2, 0.25) is 0 Å². The fourth-order valence-electron chi connectivity index (χ4n) is 1.85. The van der Waals surface area contributed by atoms with Crippen LogP contribution in [0, 0.1) is 13.8 Å². The summed E-state index contributed by atoms with van der Waals surface area (Å²) in [5.74, 6) is 6.26. The van der Waals surface area contributed by atoms with E-state index in [1.54, 1.807) is 0 Å². The van der Waals surface area contributed by atoms with Crippen molar-refractivity contribution in [3.63, 3.8) is 0 Å². The molecule has 0 aliphatic heterocycles. The summed E-state index contributed by atoms with van der Waals surface area (Å²) in [6.07, 6.45) is 3.00. The third kappa shape index (κ3) is 4.12. The van der Waals surface area contributed by atoms with Gasteiger partial charge in [-0.05, 0) is 44.2 Å². The number of hydrogen-bond donors (Lipinski definition) is 2. The molecule has 0 aromatic heterocycles. The highest BCUT2D eigenvalue weighted by atomic mass is 35.5. The minimum Gasteiger partial charge on any atom is -0.271 e. The van der Waals surface area contributed by atoms with Crippen molar-refractivity contribution in [1.82, 2.24) is 5.43 Å². The van der Waals surface area contributed by atoms with Gasteiger partial charge in [0.2, 0.25) is 0 Å². The monoisotopic (exact) mass is 240 g/mol. The predicted octanol–water partition coefficient (Wildman–Crippen LogP) is 2.70. The zero-order valence-electron chi connectivity index (χ0n) is 10.1. The molecule has 1 atom stereocenters. The number of rotatable bonds is 6. The van der Waals surface area contributed by atoms with Crippen LogP contribution in [-0.2, 0) is 6.42 Å².